The lowest BCUT2D eigenvalue weighted by Gasteiger charge is -2.23. The van der Waals surface area contributed by atoms with Crippen LogP contribution in [-0.2, 0) is 4.74 Å². The first-order chi connectivity index (χ1) is 6.39. The molecular weight excluding hydrogens is 174 g/mol. The van der Waals surface area contributed by atoms with E-state index in [4.69, 9.17) is 4.74 Å². The molecule has 0 aliphatic carbocycles. The Hall–Kier alpha value is -0.370. The molecule has 2 heteroatoms. The van der Waals surface area contributed by atoms with Crippen LogP contribution in [0.3, 0.4) is 0 Å². The molecule has 0 rings (SSSR count). The predicted molar refractivity (Wildman–Crippen MR) is 63.1 cm³/mol. The Bertz CT molecular complexity index is 183. The maximum atomic E-state index is 5.60. The summed E-state index contributed by atoms with van der Waals surface area (Å²) in [4.78, 5) is 4.53. The standard InChI is InChI=1S/C12H25NO/c1-7-14-12(5,6)8-9-13-11(4)10(2)3/h10H,7-9H2,1-6H3/b13-11+. The summed E-state index contributed by atoms with van der Waals surface area (Å²) in [6.45, 7) is 14.4. The van der Waals surface area contributed by atoms with Crippen molar-refractivity contribution < 1.29 is 4.74 Å². The Balaban J connectivity index is 3.88. The summed E-state index contributed by atoms with van der Waals surface area (Å²) in [5, 5.41) is 0. The molecule has 0 spiro atoms. The van der Waals surface area contributed by atoms with E-state index in [0.29, 0.717) is 5.92 Å². The number of nitrogens with zero attached hydrogens (tertiary/aromatic N) is 1. The lowest BCUT2D eigenvalue weighted by atomic mass is 10.1. The molecule has 0 fully saturated rings. The summed E-state index contributed by atoms with van der Waals surface area (Å²) in [5.74, 6) is 0.560. The summed E-state index contributed by atoms with van der Waals surface area (Å²) in [7, 11) is 0. The van der Waals surface area contributed by atoms with E-state index in [1.807, 2.05) is 6.92 Å². The topological polar surface area (TPSA) is 21.6 Å². The molecule has 0 aromatic rings. The van der Waals surface area contributed by atoms with E-state index >= 15 is 0 Å². The Labute approximate surface area is 88.8 Å². The smallest absolute Gasteiger partial charge is 0.0644 e. The summed E-state index contributed by atoms with van der Waals surface area (Å²) in [6.07, 6.45) is 0.991. The number of rotatable bonds is 6. The van der Waals surface area contributed by atoms with Crippen LogP contribution in [0, 0.1) is 5.92 Å². The zero-order valence-electron chi connectivity index (χ0n) is 10.6. The summed E-state index contributed by atoms with van der Waals surface area (Å²) < 4.78 is 5.60. The van der Waals surface area contributed by atoms with Gasteiger partial charge < -0.3 is 4.74 Å². The van der Waals surface area contributed by atoms with Gasteiger partial charge in [-0.25, -0.2) is 0 Å². The van der Waals surface area contributed by atoms with E-state index in [9.17, 15) is 0 Å². The van der Waals surface area contributed by atoms with Crippen LogP contribution in [0.15, 0.2) is 4.99 Å². The van der Waals surface area contributed by atoms with Crippen LogP contribution in [0.4, 0.5) is 0 Å². The second-order valence-electron chi connectivity index (χ2n) is 4.62. The van der Waals surface area contributed by atoms with Gasteiger partial charge >= 0.3 is 0 Å². The zero-order valence-corrected chi connectivity index (χ0v) is 10.6. The molecule has 0 bridgehead atoms. The highest BCUT2D eigenvalue weighted by molar-refractivity contribution is 5.83. The lowest BCUT2D eigenvalue weighted by molar-refractivity contribution is -0.0141. The Morgan fingerprint density at radius 3 is 2.36 bits per heavy atom. The molecule has 0 unspecified atom stereocenters. The van der Waals surface area contributed by atoms with Gasteiger partial charge in [0.25, 0.3) is 0 Å². The highest BCUT2D eigenvalue weighted by Crippen LogP contribution is 2.14. The molecule has 0 aliphatic heterocycles. The molecule has 0 heterocycles. The highest BCUT2D eigenvalue weighted by atomic mass is 16.5. The summed E-state index contributed by atoms with van der Waals surface area (Å²) in [5.41, 5.74) is 1.20. The van der Waals surface area contributed by atoms with Gasteiger partial charge in [-0.3, -0.25) is 4.99 Å². The van der Waals surface area contributed by atoms with Crippen LogP contribution in [0.25, 0.3) is 0 Å². The third kappa shape index (κ3) is 6.14. The molecule has 0 aromatic heterocycles. The first-order valence-electron chi connectivity index (χ1n) is 5.54. The SMILES string of the molecule is CCOC(C)(C)CC/N=C(\C)C(C)C. The molecule has 0 radical (unpaired) electrons. The van der Waals surface area contributed by atoms with E-state index in [-0.39, 0.29) is 5.60 Å². The summed E-state index contributed by atoms with van der Waals surface area (Å²) in [6, 6.07) is 0. The minimum absolute atomic E-state index is 0.0322. The average molecular weight is 199 g/mol. The maximum absolute atomic E-state index is 5.60. The first kappa shape index (κ1) is 13.6. The highest BCUT2D eigenvalue weighted by Gasteiger charge is 2.16. The molecule has 0 amide bonds. The van der Waals surface area contributed by atoms with Gasteiger partial charge in [0.15, 0.2) is 0 Å². The largest absolute Gasteiger partial charge is 0.376 e. The molecular formula is C12H25NO. The monoisotopic (exact) mass is 199 g/mol. The van der Waals surface area contributed by atoms with Crippen molar-refractivity contribution >= 4 is 5.71 Å². The van der Waals surface area contributed by atoms with Gasteiger partial charge in [-0.05, 0) is 40.0 Å². The molecule has 14 heavy (non-hydrogen) atoms. The van der Waals surface area contributed by atoms with Crippen LogP contribution in [-0.4, -0.2) is 24.5 Å². The maximum Gasteiger partial charge on any atom is 0.0644 e. The van der Waals surface area contributed by atoms with Crippen molar-refractivity contribution in [3.63, 3.8) is 0 Å². The molecule has 84 valence electrons. The van der Waals surface area contributed by atoms with Crippen LogP contribution in [0.1, 0.15) is 48.0 Å². The van der Waals surface area contributed by atoms with Crippen molar-refractivity contribution in [1.82, 2.24) is 0 Å². The summed E-state index contributed by atoms with van der Waals surface area (Å²) >= 11 is 0. The number of hydrogen-bond acceptors (Lipinski definition) is 2. The van der Waals surface area contributed by atoms with Crippen molar-refractivity contribution in [2.24, 2.45) is 10.9 Å². The van der Waals surface area contributed by atoms with Crippen molar-refractivity contribution in [2.45, 2.75) is 53.6 Å². The van der Waals surface area contributed by atoms with Gasteiger partial charge in [0.1, 0.15) is 0 Å². The van der Waals surface area contributed by atoms with E-state index < -0.39 is 0 Å². The van der Waals surface area contributed by atoms with Crippen LogP contribution >= 0.6 is 0 Å². The lowest BCUT2D eigenvalue weighted by Crippen LogP contribution is -2.25. The Morgan fingerprint density at radius 2 is 1.93 bits per heavy atom. The van der Waals surface area contributed by atoms with E-state index in [0.717, 1.165) is 19.6 Å². The van der Waals surface area contributed by atoms with Gasteiger partial charge in [-0.15, -0.1) is 0 Å². The second kappa shape index (κ2) is 6.18. The van der Waals surface area contributed by atoms with Crippen LogP contribution in [0.5, 0.6) is 0 Å². The molecule has 0 N–H and O–H groups in total. The van der Waals surface area contributed by atoms with Crippen LogP contribution in [0.2, 0.25) is 0 Å². The molecule has 0 aromatic carbocycles. The number of hydrogen-bond donors (Lipinski definition) is 0. The van der Waals surface area contributed by atoms with Gasteiger partial charge in [0, 0.05) is 18.9 Å². The quantitative estimate of drug-likeness (QED) is 0.601. The van der Waals surface area contributed by atoms with Crippen molar-refractivity contribution in [3.8, 4) is 0 Å². The van der Waals surface area contributed by atoms with Gasteiger partial charge in [-0.1, -0.05) is 13.8 Å². The number of aliphatic imine (C=N–C) groups is 1. The van der Waals surface area contributed by atoms with Crippen molar-refractivity contribution in [2.75, 3.05) is 13.2 Å². The van der Waals surface area contributed by atoms with Crippen LogP contribution < -0.4 is 0 Å². The van der Waals surface area contributed by atoms with Crippen molar-refractivity contribution in [1.29, 1.82) is 0 Å². The fourth-order valence-corrected chi connectivity index (χ4v) is 1.15. The first-order valence-corrected chi connectivity index (χ1v) is 5.54. The zero-order chi connectivity index (χ0) is 11.2. The molecule has 0 saturated heterocycles. The molecule has 0 aliphatic rings. The predicted octanol–water partition coefficient (Wildman–Crippen LogP) is 3.31. The van der Waals surface area contributed by atoms with Gasteiger partial charge in [0.2, 0.25) is 0 Å². The number of ether oxygens (including phenoxy) is 1. The van der Waals surface area contributed by atoms with E-state index in [1.165, 1.54) is 5.71 Å². The van der Waals surface area contributed by atoms with E-state index in [2.05, 4.69) is 39.6 Å². The molecule has 0 saturated carbocycles. The second-order valence-corrected chi connectivity index (χ2v) is 4.62. The molecule has 0 atom stereocenters. The normalized spacial score (nSPS) is 13.8. The van der Waals surface area contributed by atoms with E-state index in [1.54, 1.807) is 0 Å². The minimum atomic E-state index is -0.0322. The minimum Gasteiger partial charge on any atom is -0.376 e. The fourth-order valence-electron chi connectivity index (χ4n) is 1.15. The fraction of sp³-hybridized carbons (Fsp3) is 0.917. The van der Waals surface area contributed by atoms with Gasteiger partial charge in [-0.2, -0.15) is 0 Å². The third-order valence-corrected chi connectivity index (χ3v) is 2.45. The Kier molecular flexibility index (Phi) is 6.01. The molecule has 2 nitrogen and oxygen atoms in total. The third-order valence-electron chi connectivity index (χ3n) is 2.45. The van der Waals surface area contributed by atoms with Crippen molar-refractivity contribution in [3.05, 3.63) is 0 Å². The average Bonchev–Trinajstić information content (AvgIpc) is 2.03. The van der Waals surface area contributed by atoms with Gasteiger partial charge in [0.05, 0.1) is 5.60 Å². The Morgan fingerprint density at radius 1 is 1.36 bits per heavy atom.